The molecule has 0 saturated heterocycles. The molecule has 226 valence electrons. The predicted molar refractivity (Wildman–Crippen MR) is 157 cm³/mol. The summed E-state index contributed by atoms with van der Waals surface area (Å²) < 4.78 is 68.1. The Balaban J connectivity index is 1.20. The maximum atomic E-state index is 13.5. The number of sulfonamides is 1. The Morgan fingerprint density at radius 3 is 2.64 bits per heavy atom. The molecule has 1 atom stereocenters. The van der Waals surface area contributed by atoms with Crippen molar-refractivity contribution in [3.05, 3.63) is 65.0 Å². The van der Waals surface area contributed by atoms with Crippen LogP contribution in [0.1, 0.15) is 28.7 Å². The van der Waals surface area contributed by atoms with Crippen molar-refractivity contribution in [3.8, 4) is 0 Å². The summed E-state index contributed by atoms with van der Waals surface area (Å²) in [6.07, 6.45) is 0.322. The average Bonchev–Trinajstić information content (AvgIpc) is 3.59. The zero-order valence-electron chi connectivity index (χ0n) is 23.2. The first-order chi connectivity index (χ1) is 20.1. The van der Waals surface area contributed by atoms with E-state index in [4.69, 9.17) is 4.74 Å². The normalized spacial score (nSPS) is 15.2. The fourth-order valence-electron chi connectivity index (χ4n) is 4.82. The molecule has 0 saturated carbocycles. The molecule has 0 aliphatic carbocycles. The zero-order valence-corrected chi connectivity index (χ0v) is 25.7. The van der Waals surface area contributed by atoms with Gasteiger partial charge in [-0.25, -0.2) is 16.8 Å². The SMILES string of the molecule is CNC(O)c1c2c(nn1CCOCCNCc1ccc3nsnc3c1)CCN(S(=O)(=O)c1cccc(S(C)(=O)=O)c1)C2. The van der Waals surface area contributed by atoms with Crippen LogP contribution >= 0.6 is 11.7 Å². The number of fused-ring (bicyclic) bond motifs is 2. The van der Waals surface area contributed by atoms with E-state index in [1.165, 1.54) is 40.3 Å². The van der Waals surface area contributed by atoms with Crippen LogP contribution in [0.25, 0.3) is 11.0 Å². The Hall–Kier alpha value is -2.83. The molecular formula is C26H33N7O6S3. The first-order valence-electron chi connectivity index (χ1n) is 13.3. The third-order valence-corrected chi connectivity index (χ3v) is 10.5. The maximum Gasteiger partial charge on any atom is 0.243 e. The maximum absolute atomic E-state index is 13.5. The van der Waals surface area contributed by atoms with Crippen molar-refractivity contribution in [3.63, 3.8) is 0 Å². The molecule has 2 aromatic carbocycles. The predicted octanol–water partition coefficient (Wildman–Crippen LogP) is 1.06. The van der Waals surface area contributed by atoms with E-state index in [1.54, 1.807) is 11.7 Å². The lowest BCUT2D eigenvalue weighted by molar-refractivity contribution is 0.112. The molecule has 5 rings (SSSR count). The van der Waals surface area contributed by atoms with Crippen LogP contribution in [0.2, 0.25) is 0 Å². The van der Waals surface area contributed by atoms with Crippen molar-refractivity contribution >= 4 is 42.6 Å². The molecule has 0 radical (unpaired) electrons. The van der Waals surface area contributed by atoms with Crippen LogP contribution in [0.4, 0.5) is 0 Å². The molecule has 4 aromatic rings. The van der Waals surface area contributed by atoms with Gasteiger partial charge >= 0.3 is 0 Å². The fraction of sp³-hybridized carbons (Fsp3) is 0.423. The van der Waals surface area contributed by atoms with Gasteiger partial charge in [0.1, 0.15) is 17.3 Å². The molecule has 16 heteroatoms. The summed E-state index contributed by atoms with van der Waals surface area (Å²) in [6.45, 7) is 2.70. The van der Waals surface area contributed by atoms with E-state index in [0.717, 1.165) is 22.9 Å². The molecular weight excluding hydrogens is 603 g/mol. The number of rotatable bonds is 13. The average molecular weight is 636 g/mol. The molecule has 42 heavy (non-hydrogen) atoms. The van der Waals surface area contributed by atoms with Crippen LogP contribution in [-0.4, -0.2) is 84.4 Å². The highest BCUT2D eigenvalue weighted by molar-refractivity contribution is 7.91. The van der Waals surface area contributed by atoms with E-state index in [2.05, 4.69) is 24.5 Å². The lowest BCUT2D eigenvalue weighted by atomic mass is 10.1. The minimum Gasteiger partial charge on any atom is -0.378 e. The number of nitrogens with one attached hydrogen (secondary N) is 2. The van der Waals surface area contributed by atoms with Gasteiger partial charge in [0.25, 0.3) is 0 Å². The van der Waals surface area contributed by atoms with Gasteiger partial charge in [-0.05, 0) is 42.9 Å². The molecule has 1 aliphatic heterocycles. The highest BCUT2D eigenvalue weighted by Gasteiger charge is 2.34. The minimum absolute atomic E-state index is 0.00236. The monoisotopic (exact) mass is 635 g/mol. The van der Waals surface area contributed by atoms with Gasteiger partial charge in [0.05, 0.1) is 52.7 Å². The first kappa shape index (κ1) is 30.6. The van der Waals surface area contributed by atoms with Gasteiger partial charge in [-0.2, -0.15) is 18.2 Å². The summed E-state index contributed by atoms with van der Waals surface area (Å²) >= 11 is 1.20. The standard InChI is InChI=1S/C26H33N7O6S3/c1-27-26(34)25-21-17-32(42(37,38)20-5-3-4-19(15-20)41(2,35)36)10-8-22(21)29-33(25)11-13-39-12-9-28-16-18-6-7-23-24(14-18)31-40-30-23/h3-7,14-15,26-28,34H,8-13,16-17H2,1-2H3. The van der Waals surface area contributed by atoms with E-state index >= 15 is 0 Å². The van der Waals surface area contributed by atoms with Crippen LogP contribution in [0, 0.1) is 0 Å². The first-order valence-corrected chi connectivity index (χ1v) is 17.4. The van der Waals surface area contributed by atoms with Gasteiger partial charge in [-0.1, -0.05) is 12.1 Å². The number of aliphatic hydroxyl groups is 1. The summed E-state index contributed by atoms with van der Waals surface area (Å²) in [5, 5.41) is 21.6. The van der Waals surface area contributed by atoms with E-state index in [-0.39, 0.29) is 22.9 Å². The Bertz CT molecular complexity index is 1770. The molecule has 0 fully saturated rings. The number of hydrogen-bond acceptors (Lipinski definition) is 12. The molecule has 0 bridgehead atoms. The number of aliphatic hydroxyl groups excluding tert-OH is 1. The summed E-state index contributed by atoms with van der Waals surface area (Å²) in [5.74, 6) is 0. The lowest BCUT2D eigenvalue weighted by Gasteiger charge is -2.27. The Morgan fingerprint density at radius 2 is 1.86 bits per heavy atom. The topological polar surface area (TPSA) is 169 Å². The molecule has 0 amide bonds. The van der Waals surface area contributed by atoms with Gasteiger partial charge in [-0.15, -0.1) is 0 Å². The number of aromatic nitrogens is 4. The zero-order chi connectivity index (χ0) is 29.9. The number of ether oxygens (including phenoxy) is 1. The van der Waals surface area contributed by atoms with Crippen LogP contribution < -0.4 is 10.6 Å². The van der Waals surface area contributed by atoms with Crippen LogP contribution in [-0.2, 0) is 50.7 Å². The van der Waals surface area contributed by atoms with Crippen LogP contribution in [0.15, 0.2) is 52.3 Å². The lowest BCUT2D eigenvalue weighted by Crippen LogP contribution is -2.36. The quantitative estimate of drug-likeness (QED) is 0.142. The van der Waals surface area contributed by atoms with Crippen LogP contribution in [0.5, 0.6) is 0 Å². The van der Waals surface area contributed by atoms with E-state index in [9.17, 15) is 21.9 Å². The molecule has 2 aromatic heterocycles. The Kier molecular flexibility index (Phi) is 9.34. The molecule has 3 heterocycles. The Morgan fingerprint density at radius 1 is 1.07 bits per heavy atom. The summed E-state index contributed by atoms with van der Waals surface area (Å²) in [6, 6.07) is 11.3. The van der Waals surface area contributed by atoms with Gasteiger partial charge in [0, 0.05) is 44.4 Å². The molecule has 1 unspecified atom stereocenters. The minimum atomic E-state index is -3.99. The van der Waals surface area contributed by atoms with Crippen molar-refractivity contribution in [1.29, 1.82) is 0 Å². The number of hydrogen-bond donors (Lipinski definition) is 3. The fourth-order valence-corrected chi connectivity index (χ4v) is 7.54. The van der Waals surface area contributed by atoms with Crippen molar-refractivity contribution in [2.24, 2.45) is 0 Å². The van der Waals surface area contributed by atoms with Gasteiger partial charge in [0.15, 0.2) is 9.84 Å². The van der Waals surface area contributed by atoms with Crippen molar-refractivity contribution in [2.45, 2.75) is 42.1 Å². The molecule has 13 nitrogen and oxygen atoms in total. The summed E-state index contributed by atoms with van der Waals surface area (Å²) in [4.78, 5) is -0.162. The van der Waals surface area contributed by atoms with E-state index < -0.39 is 26.1 Å². The summed E-state index contributed by atoms with van der Waals surface area (Å²) in [5.41, 5.74) is 4.71. The summed E-state index contributed by atoms with van der Waals surface area (Å²) in [7, 11) is -5.96. The Labute approximate surface area is 248 Å². The smallest absolute Gasteiger partial charge is 0.243 e. The largest absolute Gasteiger partial charge is 0.378 e. The van der Waals surface area contributed by atoms with Crippen molar-refractivity contribution in [2.75, 3.05) is 39.6 Å². The highest BCUT2D eigenvalue weighted by atomic mass is 32.2. The van der Waals surface area contributed by atoms with Gasteiger partial charge in [0.2, 0.25) is 10.0 Å². The number of benzene rings is 2. The highest BCUT2D eigenvalue weighted by Crippen LogP contribution is 2.30. The molecule has 1 aliphatic rings. The third kappa shape index (κ3) is 6.70. The molecule has 3 N–H and O–H groups in total. The molecule has 0 spiro atoms. The van der Waals surface area contributed by atoms with Crippen LogP contribution in [0.3, 0.4) is 0 Å². The third-order valence-electron chi connectivity index (χ3n) is 7.03. The van der Waals surface area contributed by atoms with Gasteiger partial charge < -0.3 is 15.2 Å². The number of nitrogens with zero attached hydrogens (tertiary/aromatic N) is 5. The second kappa shape index (κ2) is 12.8. The number of sulfone groups is 1. The second-order valence-corrected chi connectivity index (χ2v) is 14.4. The van der Waals surface area contributed by atoms with Crippen molar-refractivity contribution < 1.29 is 26.7 Å². The second-order valence-electron chi connectivity index (χ2n) is 9.94. The van der Waals surface area contributed by atoms with E-state index in [0.29, 0.717) is 56.2 Å². The van der Waals surface area contributed by atoms with Gasteiger partial charge in [-0.3, -0.25) is 10.00 Å². The van der Waals surface area contributed by atoms with Crippen molar-refractivity contribution in [1.82, 2.24) is 33.5 Å². The van der Waals surface area contributed by atoms with E-state index in [1.807, 2.05) is 18.2 Å².